The van der Waals surface area contributed by atoms with Crippen molar-refractivity contribution in [1.82, 2.24) is 15.4 Å². The zero-order valence-corrected chi connectivity index (χ0v) is 17.7. The summed E-state index contributed by atoms with van der Waals surface area (Å²) in [6.07, 6.45) is 5.08. The Hall–Kier alpha value is -4.64. The second-order valence-corrected chi connectivity index (χ2v) is 7.50. The molecule has 0 aliphatic carbocycles. The van der Waals surface area contributed by atoms with Crippen molar-refractivity contribution < 1.29 is 4.79 Å². The van der Waals surface area contributed by atoms with E-state index in [1.165, 1.54) is 0 Å². The van der Waals surface area contributed by atoms with Gasteiger partial charge in [-0.05, 0) is 41.0 Å². The van der Waals surface area contributed by atoms with Gasteiger partial charge < -0.3 is 0 Å². The fourth-order valence-corrected chi connectivity index (χ4v) is 3.64. The van der Waals surface area contributed by atoms with Crippen molar-refractivity contribution >= 4 is 23.0 Å². The molecule has 0 atom stereocenters. The minimum absolute atomic E-state index is 0.295. The molecular weight excluding hydrogens is 408 g/mol. The Morgan fingerprint density at radius 1 is 0.788 bits per heavy atom. The first-order chi connectivity index (χ1) is 16.3. The fourth-order valence-electron chi connectivity index (χ4n) is 3.64. The van der Waals surface area contributed by atoms with Gasteiger partial charge in [0.05, 0.1) is 23.0 Å². The maximum atomic E-state index is 13.0. The number of fused-ring (bicyclic) bond motifs is 1. The molecule has 5 aromatic rings. The summed E-state index contributed by atoms with van der Waals surface area (Å²) in [7, 11) is 0. The second-order valence-electron chi connectivity index (χ2n) is 7.50. The van der Waals surface area contributed by atoms with Gasteiger partial charge in [0.2, 0.25) is 0 Å². The number of hydrogen-bond donors (Lipinski definition) is 1. The van der Waals surface area contributed by atoms with Crippen molar-refractivity contribution in [2.45, 2.75) is 0 Å². The van der Waals surface area contributed by atoms with Crippen LogP contribution in [0.15, 0.2) is 115 Å². The summed E-state index contributed by atoms with van der Waals surface area (Å²) in [6.45, 7) is 0. The molecule has 2 aromatic heterocycles. The number of amides is 1. The molecule has 3 aromatic carbocycles. The van der Waals surface area contributed by atoms with E-state index >= 15 is 0 Å². The Bertz CT molecular complexity index is 1430. The van der Waals surface area contributed by atoms with E-state index in [9.17, 15) is 4.79 Å². The van der Waals surface area contributed by atoms with Crippen molar-refractivity contribution in [2.24, 2.45) is 5.10 Å². The molecule has 33 heavy (non-hydrogen) atoms. The number of carbonyl (C=O) groups excluding carboxylic acids is 1. The Labute approximate surface area is 191 Å². The number of nitrogens with one attached hydrogen (secondary N) is 1. The van der Waals surface area contributed by atoms with Crippen LogP contribution in [0.2, 0.25) is 0 Å². The van der Waals surface area contributed by atoms with Crippen LogP contribution in [0, 0.1) is 0 Å². The zero-order valence-electron chi connectivity index (χ0n) is 17.7. The summed E-state index contributed by atoms with van der Waals surface area (Å²) in [6, 6.07) is 31.3. The van der Waals surface area contributed by atoms with Crippen LogP contribution in [0.4, 0.5) is 0 Å². The highest BCUT2D eigenvalue weighted by atomic mass is 16.2. The zero-order chi connectivity index (χ0) is 22.5. The third-order valence-corrected chi connectivity index (χ3v) is 5.32. The largest absolute Gasteiger partial charge is 0.272 e. The van der Waals surface area contributed by atoms with E-state index < -0.39 is 0 Å². The number of nitrogens with zero attached hydrogens (tertiary/aromatic N) is 3. The smallest absolute Gasteiger partial charge is 0.267 e. The van der Waals surface area contributed by atoms with Crippen LogP contribution < -0.4 is 5.43 Å². The van der Waals surface area contributed by atoms with Crippen molar-refractivity contribution in [2.75, 3.05) is 0 Å². The lowest BCUT2D eigenvalue weighted by Crippen LogP contribution is -2.18. The van der Waals surface area contributed by atoms with E-state index in [1.807, 2.05) is 78.9 Å². The first-order valence-corrected chi connectivity index (χ1v) is 10.6. The topological polar surface area (TPSA) is 67.2 Å². The van der Waals surface area contributed by atoms with Crippen LogP contribution in [-0.2, 0) is 0 Å². The third-order valence-electron chi connectivity index (χ3n) is 5.32. The van der Waals surface area contributed by atoms with Crippen molar-refractivity contribution in [1.29, 1.82) is 0 Å². The van der Waals surface area contributed by atoms with Gasteiger partial charge >= 0.3 is 0 Å². The van der Waals surface area contributed by atoms with Crippen LogP contribution in [0.1, 0.15) is 15.9 Å². The van der Waals surface area contributed by atoms with Gasteiger partial charge in [-0.2, -0.15) is 5.10 Å². The maximum Gasteiger partial charge on any atom is 0.272 e. The molecule has 158 valence electrons. The normalized spacial score (nSPS) is 11.0. The van der Waals surface area contributed by atoms with E-state index in [2.05, 4.69) is 27.6 Å². The molecule has 2 heterocycles. The summed E-state index contributed by atoms with van der Waals surface area (Å²) >= 11 is 0. The standard InChI is InChI=1S/C28H20N4O/c33-28(32-30-18-20-12-14-22(15-13-20)21-7-2-1-3-8-21)25-17-27(23-9-6-16-29-19-23)31-26-11-5-4-10-24(25)26/h1-19H,(H,32,33). The molecule has 0 radical (unpaired) electrons. The number of carbonyl (C=O) groups is 1. The first kappa shape index (κ1) is 20.3. The number of hydrazone groups is 1. The summed E-state index contributed by atoms with van der Waals surface area (Å²) < 4.78 is 0. The van der Waals surface area contributed by atoms with Gasteiger partial charge in [-0.25, -0.2) is 10.4 Å². The van der Waals surface area contributed by atoms with Crippen LogP contribution in [0.3, 0.4) is 0 Å². The lowest BCUT2D eigenvalue weighted by atomic mass is 10.0. The van der Waals surface area contributed by atoms with E-state index in [-0.39, 0.29) is 5.91 Å². The fraction of sp³-hybridized carbons (Fsp3) is 0. The Morgan fingerprint density at radius 2 is 1.52 bits per heavy atom. The summed E-state index contributed by atoms with van der Waals surface area (Å²) in [4.78, 5) is 21.9. The predicted molar refractivity (Wildman–Crippen MR) is 132 cm³/mol. The summed E-state index contributed by atoms with van der Waals surface area (Å²) in [5.41, 5.74) is 8.61. The molecule has 0 aliphatic heterocycles. The molecule has 1 amide bonds. The lowest BCUT2D eigenvalue weighted by molar-refractivity contribution is 0.0956. The molecule has 0 bridgehead atoms. The second kappa shape index (κ2) is 9.24. The highest BCUT2D eigenvalue weighted by Gasteiger charge is 2.13. The van der Waals surface area contributed by atoms with Gasteiger partial charge in [0, 0.05) is 23.3 Å². The van der Waals surface area contributed by atoms with Crippen molar-refractivity contribution in [3.05, 3.63) is 121 Å². The highest BCUT2D eigenvalue weighted by Crippen LogP contribution is 2.24. The molecule has 0 saturated carbocycles. The molecule has 5 nitrogen and oxygen atoms in total. The SMILES string of the molecule is O=C(NN=Cc1ccc(-c2ccccc2)cc1)c1cc(-c2cccnc2)nc2ccccc12. The monoisotopic (exact) mass is 428 g/mol. The molecule has 0 fully saturated rings. The Morgan fingerprint density at radius 3 is 2.30 bits per heavy atom. The molecule has 5 rings (SSSR count). The molecule has 0 unspecified atom stereocenters. The van der Waals surface area contributed by atoms with Crippen LogP contribution in [0.5, 0.6) is 0 Å². The van der Waals surface area contributed by atoms with E-state index in [0.717, 1.165) is 33.2 Å². The van der Waals surface area contributed by atoms with E-state index in [4.69, 9.17) is 4.98 Å². The Balaban J connectivity index is 1.37. The summed E-state index contributed by atoms with van der Waals surface area (Å²) in [5, 5.41) is 4.94. The molecule has 5 heteroatoms. The van der Waals surface area contributed by atoms with Gasteiger partial charge in [-0.1, -0.05) is 72.8 Å². The van der Waals surface area contributed by atoms with Gasteiger partial charge in [-0.3, -0.25) is 9.78 Å². The van der Waals surface area contributed by atoms with Crippen LogP contribution in [0.25, 0.3) is 33.3 Å². The molecule has 0 saturated heterocycles. The minimum atomic E-state index is -0.295. The van der Waals surface area contributed by atoms with Gasteiger partial charge in [0.15, 0.2) is 0 Å². The van der Waals surface area contributed by atoms with Gasteiger partial charge in [-0.15, -0.1) is 0 Å². The minimum Gasteiger partial charge on any atom is -0.267 e. The maximum absolute atomic E-state index is 13.0. The predicted octanol–water partition coefficient (Wildman–Crippen LogP) is 5.73. The number of rotatable bonds is 5. The van der Waals surface area contributed by atoms with Crippen molar-refractivity contribution in [3.8, 4) is 22.4 Å². The van der Waals surface area contributed by atoms with E-state index in [0.29, 0.717) is 11.3 Å². The number of hydrogen-bond acceptors (Lipinski definition) is 4. The van der Waals surface area contributed by atoms with E-state index in [1.54, 1.807) is 24.7 Å². The average Bonchev–Trinajstić information content (AvgIpc) is 2.89. The third kappa shape index (κ3) is 4.52. The Kier molecular flexibility index (Phi) is 5.68. The van der Waals surface area contributed by atoms with Gasteiger partial charge in [0.25, 0.3) is 5.91 Å². The van der Waals surface area contributed by atoms with Crippen molar-refractivity contribution in [3.63, 3.8) is 0 Å². The first-order valence-electron chi connectivity index (χ1n) is 10.6. The number of pyridine rings is 2. The molecule has 1 N–H and O–H groups in total. The quantitative estimate of drug-likeness (QED) is 0.287. The van der Waals surface area contributed by atoms with Gasteiger partial charge in [0.1, 0.15) is 0 Å². The average molecular weight is 428 g/mol. The number of para-hydroxylation sites is 1. The van der Waals surface area contributed by atoms with Crippen LogP contribution >= 0.6 is 0 Å². The van der Waals surface area contributed by atoms with Crippen LogP contribution in [-0.4, -0.2) is 22.1 Å². The molecule has 0 spiro atoms. The number of benzene rings is 3. The molecule has 0 aliphatic rings. The highest BCUT2D eigenvalue weighted by molar-refractivity contribution is 6.07. The lowest BCUT2D eigenvalue weighted by Gasteiger charge is -2.08. The number of aromatic nitrogens is 2. The molecular formula is C28H20N4O. The summed E-state index contributed by atoms with van der Waals surface area (Å²) in [5.74, 6) is -0.295.